The minimum absolute atomic E-state index is 0.0683. The van der Waals surface area contributed by atoms with Gasteiger partial charge in [0.15, 0.2) is 11.5 Å². The molecule has 1 saturated heterocycles. The number of nitrogens with zero attached hydrogens (tertiary/aromatic N) is 2. The number of halogens is 1. The van der Waals surface area contributed by atoms with Crippen molar-refractivity contribution in [2.75, 3.05) is 19.1 Å². The Morgan fingerprint density at radius 3 is 2.19 bits per heavy atom. The lowest BCUT2D eigenvalue weighted by Gasteiger charge is -2.39. The molecule has 2 aromatic rings. The topological polar surface area (TPSA) is 76.2 Å². The number of ether oxygens (including phenoxy) is 2. The van der Waals surface area contributed by atoms with Crippen LogP contribution in [0.4, 0.5) is 5.69 Å². The van der Waals surface area contributed by atoms with Crippen LogP contribution in [0.2, 0.25) is 0 Å². The first-order valence-corrected chi connectivity index (χ1v) is 10.8. The van der Waals surface area contributed by atoms with Gasteiger partial charge in [-0.15, -0.1) is 0 Å². The molecule has 0 aromatic heterocycles. The molecule has 8 heteroatoms. The molecule has 1 aliphatic heterocycles. The monoisotopic (exact) mass is 536 g/mol. The summed E-state index contributed by atoms with van der Waals surface area (Å²) in [6.07, 6.45) is -0.0683. The Morgan fingerprint density at radius 2 is 1.65 bits per heavy atom. The zero-order chi connectivity index (χ0) is 22.9. The van der Waals surface area contributed by atoms with Crippen LogP contribution in [0.3, 0.4) is 0 Å². The average molecular weight is 536 g/mol. The molecule has 0 radical (unpaired) electrons. The summed E-state index contributed by atoms with van der Waals surface area (Å²) in [6, 6.07) is 11.1. The number of amides is 3. The number of hydrogen-bond donors (Lipinski definition) is 0. The van der Waals surface area contributed by atoms with Crippen molar-refractivity contribution in [2.24, 2.45) is 0 Å². The molecule has 1 heterocycles. The standard InChI is InChI=1S/C23H25IN2O5/c1-23(2,3)26(21(28)14-6-11-18(30-4)19(12-14)31-5)17-13-20(27)25(22(17)29)16-9-7-15(24)8-10-16/h6-12,17H,13H2,1-5H3. The Morgan fingerprint density at radius 1 is 1.03 bits per heavy atom. The Bertz CT molecular complexity index is 1010. The predicted molar refractivity (Wildman–Crippen MR) is 126 cm³/mol. The summed E-state index contributed by atoms with van der Waals surface area (Å²) in [4.78, 5) is 42.3. The SMILES string of the molecule is COc1ccc(C(=O)N(C2CC(=O)N(c3ccc(I)cc3)C2=O)C(C)(C)C)cc1OC. The van der Waals surface area contributed by atoms with Gasteiger partial charge in [-0.3, -0.25) is 14.4 Å². The number of rotatable bonds is 5. The molecule has 0 N–H and O–H groups in total. The first-order valence-electron chi connectivity index (χ1n) is 9.76. The minimum Gasteiger partial charge on any atom is -0.493 e. The van der Waals surface area contributed by atoms with Gasteiger partial charge in [0, 0.05) is 14.7 Å². The van der Waals surface area contributed by atoms with Crippen LogP contribution in [0, 0.1) is 3.57 Å². The van der Waals surface area contributed by atoms with Gasteiger partial charge in [-0.1, -0.05) is 0 Å². The third-order valence-electron chi connectivity index (χ3n) is 5.09. The highest BCUT2D eigenvalue weighted by molar-refractivity contribution is 14.1. The van der Waals surface area contributed by atoms with E-state index >= 15 is 0 Å². The van der Waals surface area contributed by atoms with E-state index in [0.717, 1.165) is 3.57 Å². The third kappa shape index (κ3) is 4.53. The molecule has 1 aliphatic rings. The molecular weight excluding hydrogens is 511 g/mol. The van der Waals surface area contributed by atoms with Gasteiger partial charge >= 0.3 is 0 Å². The van der Waals surface area contributed by atoms with Crippen molar-refractivity contribution < 1.29 is 23.9 Å². The van der Waals surface area contributed by atoms with Gasteiger partial charge in [0.05, 0.1) is 26.3 Å². The molecule has 164 valence electrons. The van der Waals surface area contributed by atoms with Crippen molar-refractivity contribution in [3.63, 3.8) is 0 Å². The number of anilines is 1. The molecule has 0 saturated carbocycles. The Balaban J connectivity index is 1.98. The molecule has 0 spiro atoms. The van der Waals surface area contributed by atoms with Crippen LogP contribution in [0.25, 0.3) is 0 Å². The van der Waals surface area contributed by atoms with Gasteiger partial charge in [-0.05, 0) is 85.8 Å². The molecule has 0 aliphatic carbocycles. The highest BCUT2D eigenvalue weighted by atomic mass is 127. The maximum atomic E-state index is 13.5. The van der Waals surface area contributed by atoms with Gasteiger partial charge in [-0.25, -0.2) is 4.90 Å². The summed E-state index contributed by atoms with van der Waals surface area (Å²) in [7, 11) is 3.01. The zero-order valence-corrected chi connectivity index (χ0v) is 20.3. The van der Waals surface area contributed by atoms with Crippen LogP contribution in [-0.4, -0.2) is 48.4 Å². The molecule has 2 aromatic carbocycles. The molecular formula is C23H25IN2O5. The molecule has 1 fully saturated rings. The molecule has 3 amide bonds. The Hall–Kier alpha value is -2.62. The lowest BCUT2D eigenvalue weighted by Crippen LogP contribution is -2.54. The van der Waals surface area contributed by atoms with Gasteiger partial charge in [0.2, 0.25) is 5.91 Å². The summed E-state index contributed by atoms with van der Waals surface area (Å²) in [5.41, 5.74) is 0.151. The predicted octanol–water partition coefficient (Wildman–Crippen LogP) is 3.88. The van der Waals surface area contributed by atoms with Crippen molar-refractivity contribution in [1.29, 1.82) is 0 Å². The van der Waals surface area contributed by atoms with Crippen LogP contribution in [0.1, 0.15) is 37.6 Å². The van der Waals surface area contributed by atoms with E-state index in [2.05, 4.69) is 22.6 Å². The lowest BCUT2D eigenvalue weighted by atomic mass is 9.99. The largest absolute Gasteiger partial charge is 0.493 e. The molecule has 31 heavy (non-hydrogen) atoms. The van der Waals surface area contributed by atoms with Crippen molar-refractivity contribution in [2.45, 2.75) is 38.8 Å². The van der Waals surface area contributed by atoms with E-state index in [1.807, 2.05) is 32.9 Å². The molecule has 1 unspecified atom stereocenters. The fourth-order valence-corrected chi connectivity index (χ4v) is 4.06. The van der Waals surface area contributed by atoms with E-state index in [1.54, 1.807) is 30.3 Å². The van der Waals surface area contributed by atoms with Gasteiger partial charge in [0.25, 0.3) is 11.8 Å². The van der Waals surface area contributed by atoms with Gasteiger partial charge < -0.3 is 14.4 Å². The second-order valence-electron chi connectivity index (χ2n) is 8.18. The van der Waals surface area contributed by atoms with Crippen LogP contribution in [0.15, 0.2) is 42.5 Å². The summed E-state index contributed by atoms with van der Waals surface area (Å²) in [5.74, 6) is -0.181. The van der Waals surface area contributed by atoms with E-state index in [1.165, 1.54) is 24.0 Å². The minimum atomic E-state index is -0.896. The first kappa shape index (κ1) is 23.1. The van der Waals surface area contributed by atoms with Gasteiger partial charge in [-0.2, -0.15) is 0 Å². The summed E-state index contributed by atoms with van der Waals surface area (Å²) in [6.45, 7) is 5.53. The van der Waals surface area contributed by atoms with Crippen LogP contribution < -0.4 is 14.4 Å². The van der Waals surface area contributed by atoms with Crippen molar-refractivity contribution in [3.8, 4) is 11.5 Å². The molecule has 7 nitrogen and oxygen atoms in total. The fourth-order valence-electron chi connectivity index (χ4n) is 3.70. The van der Waals surface area contributed by atoms with Crippen LogP contribution >= 0.6 is 22.6 Å². The first-order chi connectivity index (χ1) is 14.6. The zero-order valence-electron chi connectivity index (χ0n) is 18.1. The number of imide groups is 1. The van der Waals surface area contributed by atoms with Crippen molar-refractivity contribution >= 4 is 46.0 Å². The lowest BCUT2D eigenvalue weighted by molar-refractivity contribution is -0.123. The van der Waals surface area contributed by atoms with Crippen LogP contribution in [0.5, 0.6) is 11.5 Å². The van der Waals surface area contributed by atoms with Gasteiger partial charge in [0.1, 0.15) is 6.04 Å². The highest BCUT2D eigenvalue weighted by Crippen LogP contribution is 2.33. The van der Waals surface area contributed by atoms with E-state index in [0.29, 0.717) is 22.7 Å². The second kappa shape index (κ2) is 8.86. The number of benzene rings is 2. The van der Waals surface area contributed by atoms with E-state index in [-0.39, 0.29) is 18.2 Å². The third-order valence-corrected chi connectivity index (χ3v) is 5.81. The summed E-state index contributed by atoms with van der Waals surface area (Å²) >= 11 is 2.16. The molecule has 3 rings (SSSR count). The summed E-state index contributed by atoms with van der Waals surface area (Å²) in [5, 5.41) is 0. The fraction of sp³-hybridized carbons (Fsp3) is 0.348. The number of carbonyl (C=O) groups is 3. The quantitative estimate of drug-likeness (QED) is 0.429. The van der Waals surface area contributed by atoms with Crippen LogP contribution in [-0.2, 0) is 9.59 Å². The van der Waals surface area contributed by atoms with Crippen molar-refractivity contribution in [3.05, 3.63) is 51.6 Å². The van der Waals surface area contributed by atoms with E-state index in [4.69, 9.17) is 9.47 Å². The summed E-state index contributed by atoms with van der Waals surface area (Å²) < 4.78 is 11.6. The highest BCUT2D eigenvalue weighted by Gasteiger charge is 2.47. The molecule has 0 bridgehead atoms. The second-order valence-corrected chi connectivity index (χ2v) is 9.43. The molecule has 1 atom stereocenters. The van der Waals surface area contributed by atoms with E-state index in [9.17, 15) is 14.4 Å². The van der Waals surface area contributed by atoms with Crippen molar-refractivity contribution in [1.82, 2.24) is 4.90 Å². The average Bonchev–Trinajstić information content (AvgIpc) is 3.00. The number of hydrogen-bond acceptors (Lipinski definition) is 5. The maximum absolute atomic E-state index is 13.5. The number of carbonyl (C=O) groups excluding carboxylic acids is 3. The number of methoxy groups -OCH3 is 2. The van der Waals surface area contributed by atoms with E-state index < -0.39 is 17.5 Å². The normalized spacial score (nSPS) is 16.5. The maximum Gasteiger partial charge on any atom is 0.257 e. The smallest absolute Gasteiger partial charge is 0.257 e. The Labute approximate surface area is 195 Å². The Kier molecular flexibility index (Phi) is 6.59.